The summed E-state index contributed by atoms with van der Waals surface area (Å²) in [4.78, 5) is 14.2. The van der Waals surface area contributed by atoms with E-state index in [9.17, 15) is 10.1 Å². The van der Waals surface area contributed by atoms with Crippen LogP contribution in [0.2, 0.25) is 0 Å². The second-order valence-electron chi connectivity index (χ2n) is 4.17. The molecule has 6 heteroatoms. The lowest BCUT2D eigenvalue weighted by molar-refractivity contribution is -0.388. The molecule has 0 bridgehead atoms. The standard InChI is InChI=1S/C11H16N4O2/c16-15(17)11-10(5-3-7-13-11)14-9-4-1-2-6-12-8-9/h3,5,7,9,12,14H,1-2,4,6,8H2. The first kappa shape index (κ1) is 11.8. The van der Waals surface area contributed by atoms with E-state index in [1.165, 1.54) is 6.20 Å². The fraction of sp³-hybridized carbons (Fsp3) is 0.545. The number of hydrogen-bond acceptors (Lipinski definition) is 5. The molecular formula is C11H16N4O2. The van der Waals surface area contributed by atoms with Gasteiger partial charge in [0.15, 0.2) is 0 Å². The van der Waals surface area contributed by atoms with Crippen molar-refractivity contribution in [2.75, 3.05) is 18.4 Å². The number of nitro groups is 1. The highest BCUT2D eigenvalue weighted by molar-refractivity contribution is 5.57. The summed E-state index contributed by atoms with van der Waals surface area (Å²) in [5, 5.41) is 17.3. The Kier molecular flexibility index (Phi) is 3.87. The van der Waals surface area contributed by atoms with Crippen molar-refractivity contribution < 1.29 is 4.92 Å². The first-order chi connectivity index (χ1) is 8.27. The Balaban J connectivity index is 2.09. The van der Waals surface area contributed by atoms with E-state index in [0.29, 0.717) is 5.69 Å². The Labute approximate surface area is 99.6 Å². The third-order valence-electron chi connectivity index (χ3n) is 2.87. The smallest absolute Gasteiger partial charge is 0.374 e. The molecule has 2 heterocycles. The van der Waals surface area contributed by atoms with Crippen molar-refractivity contribution in [3.63, 3.8) is 0 Å². The topological polar surface area (TPSA) is 80.1 Å². The maximum Gasteiger partial charge on any atom is 0.386 e. The number of anilines is 1. The van der Waals surface area contributed by atoms with Gasteiger partial charge in [0.25, 0.3) is 0 Å². The average Bonchev–Trinajstić information content (AvgIpc) is 2.58. The van der Waals surface area contributed by atoms with Gasteiger partial charge in [-0.05, 0) is 41.4 Å². The molecule has 2 rings (SSSR count). The molecule has 0 radical (unpaired) electrons. The Morgan fingerprint density at radius 1 is 1.53 bits per heavy atom. The molecule has 0 spiro atoms. The van der Waals surface area contributed by atoms with E-state index >= 15 is 0 Å². The first-order valence-electron chi connectivity index (χ1n) is 5.84. The Morgan fingerprint density at radius 2 is 2.41 bits per heavy atom. The van der Waals surface area contributed by atoms with Crippen LogP contribution in [0.3, 0.4) is 0 Å². The number of nitrogens with zero attached hydrogens (tertiary/aromatic N) is 2. The van der Waals surface area contributed by atoms with Gasteiger partial charge in [-0.2, -0.15) is 0 Å². The number of nitrogens with one attached hydrogen (secondary N) is 2. The third-order valence-corrected chi connectivity index (χ3v) is 2.87. The number of hydrogen-bond donors (Lipinski definition) is 2. The van der Waals surface area contributed by atoms with E-state index in [2.05, 4.69) is 15.6 Å². The molecule has 1 aromatic rings. The third kappa shape index (κ3) is 3.13. The van der Waals surface area contributed by atoms with Crippen LogP contribution in [0.25, 0.3) is 0 Å². The van der Waals surface area contributed by atoms with Gasteiger partial charge in [-0.25, -0.2) is 0 Å². The van der Waals surface area contributed by atoms with Crippen molar-refractivity contribution in [3.05, 3.63) is 28.4 Å². The van der Waals surface area contributed by atoms with Crippen LogP contribution in [0.5, 0.6) is 0 Å². The van der Waals surface area contributed by atoms with Gasteiger partial charge in [0.05, 0.1) is 0 Å². The lowest BCUT2D eigenvalue weighted by Crippen LogP contribution is -2.31. The Bertz CT molecular complexity index is 389. The van der Waals surface area contributed by atoms with Crippen molar-refractivity contribution in [1.82, 2.24) is 10.3 Å². The quantitative estimate of drug-likeness (QED) is 0.614. The van der Waals surface area contributed by atoms with E-state index in [4.69, 9.17) is 0 Å². The van der Waals surface area contributed by atoms with E-state index < -0.39 is 4.92 Å². The summed E-state index contributed by atoms with van der Waals surface area (Å²) in [7, 11) is 0. The van der Waals surface area contributed by atoms with Crippen molar-refractivity contribution >= 4 is 11.5 Å². The largest absolute Gasteiger partial charge is 0.386 e. The summed E-state index contributed by atoms with van der Waals surface area (Å²) in [5.41, 5.74) is 0.506. The average molecular weight is 236 g/mol. The summed E-state index contributed by atoms with van der Waals surface area (Å²) in [6.45, 7) is 1.86. The van der Waals surface area contributed by atoms with Crippen LogP contribution in [-0.2, 0) is 0 Å². The predicted octanol–water partition coefficient (Wildman–Crippen LogP) is 1.54. The normalized spacial score (nSPS) is 20.6. The maximum atomic E-state index is 10.8. The molecule has 2 N–H and O–H groups in total. The van der Waals surface area contributed by atoms with Gasteiger partial charge in [0.2, 0.25) is 0 Å². The lowest BCUT2D eigenvalue weighted by Gasteiger charge is -2.17. The molecular weight excluding hydrogens is 220 g/mol. The summed E-state index contributed by atoms with van der Waals surface area (Å²) in [5.74, 6) is -0.100. The van der Waals surface area contributed by atoms with Crippen LogP contribution >= 0.6 is 0 Å². The molecule has 1 atom stereocenters. The van der Waals surface area contributed by atoms with Crippen molar-refractivity contribution in [2.24, 2.45) is 0 Å². The molecule has 1 aliphatic heterocycles. The molecule has 1 fully saturated rings. The van der Waals surface area contributed by atoms with Gasteiger partial charge in [-0.1, -0.05) is 6.42 Å². The summed E-state index contributed by atoms with van der Waals surface area (Å²) < 4.78 is 0. The van der Waals surface area contributed by atoms with Crippen LogP contribution in [0.1, 0.15) is 19.3 Å². The Morgan fingerprint density at radius 3 is 3.24 bits per heavy atom. The van der Waals surface area contributed by atoms with Crippen molar-refractivity contribution in [3.8, 4) is 0 Å². The zero-order chi connectivity index (χ0) is 12.1. The number of rotatable bonds is 3. The summed E-state index contributed by atoms with van der Waals surface area (Å²) in [6, 6.07) is 3.65. The molecule has 1 unspecified atom stereocenters. The van der Waals surface area contributed by atoms with E-state index in [1.807, 2.05) is 0 Å². The van der Waals surface area contributed by atoms with Crippen LogP contribution in [-0.4, -0.2) is 29.0 Å². The molecule has 17 heavy (non-hydrogen) atoms. The minimum Gasteiger partial charge on any atom is -0.374 e. The van der Waals surface area contributed by atoms with Gasteiger partial charge in [0, 0.05) is 12.6 Å². The van der Waals surface area contributed by atoms with E-state index in [0.717, 1.165) is 32.4 Å². The highest BCUT2D eigenvalue weighted by Crippen LogP contribution is 2.22. The maximum absolute atomic E-state index is 10.8. The first-order valence-corrected chi connectivity index (χ1v) is 5.84. The Hall–Kier alpha value is -1.69. The van der Waals surface area contributed by atoms with E-state index in [1.54, 1.807) is 12.1 Å². The van der Waals surface area contributed by atoms with Gasteiger partial charge in [-0.3, -0.25) is 0 Å². The van der Waals surface area contributed by atoms with Crippen LogP contribution in [0.15, 0.2) is 18.3 Å². The molecule has 0 saturated carbocycles. The summed E-state index contributed by atoms with van der Waals surface area (Å²) in [6.07, 6.45) is 4.76. The zero-order valence-electron chi connectivity index (χ0n) is 9.56. The highest BCUT2D eigenvalue weighted by atomic mass is 16.6. The second kappa shape index (κ2) is 5.58. The molecule has 6 nitrogen and oxygen atoms in total. The SMILES string of the molecule is O=[N+]([O-])c1ncccc1NC1CCCCNC1. The van der Waals surface area contributed by atoms with Gasteiger partial charge in [0.1, 0.15) is 11.9 Å². The van der Waals surface area contributed by atoms with Crippen LogP contribution in [0.4, 0.5) is 11.5 Å². The zero-order valence-corrected chi connectivity index (χ0v) is 9.56. The molecule has 1 aliphatic rings. The molecule has 92 valence electrons. The van der Waals surface area contributed by atoms with Gasteiger partial charge >= 0.3 is 5.82 Å². The predicted molar refractivity (Wildman–Crippen MR) is 65.0 cm³/mol. The van der Waals surface area contributed by atoms with Crippen LogP contribution < -0.4 is 10.6 Å². The fourth-order valence-electron chi connectivity index (χ4n) is 2.02. The highest BCUT2D eigenvalue weighted by Gasteiger charge is 2.18. The van der Waals surface area contributed by atoms with E-state index in [-0.39, 0.29) is 11.9 Å². The molecule has 1 saturated heterocycles. The van der Waals surface area contributed by atoms with Crippen molar-refractivity contribution in [1.29, 1.82) is 0 Å². The minimum absolute atomic E-state index is 0.100. The lowest BCUT2D eigenvalue weighted by atomic mass is 10.1. The minimum atomic E-state index is -0.452. The summed E-state index contributed by atoms with van der Waals surface area (Å²) >= 11 is 0. The van der Waals surface area contributed by atoms with Crippen molar-refractivity contribution in [2.45, 2.75) is 25.3 Å². The fourth-order valence-corrected chi connectivity index (χ4v) is 2.02. The number of pyridine rings is 1. The second-order valence-corrected chi connectivity index (χ2v) is 4.17. The molecule has 0 amide bonds. The molecule has 0 aromatic carbocycles. The van der Waals surface area contributed by atoms with Gasteiger partial charge in [-0.15, -0.1) is 0 Å². The monoisotopic (exact) mass is 236 g/mol. The van der Waals surface area contributed by atoms with Gasteiger partial charge < -0.3 is 20.7 Å². The molecule has 0 aliphatic carbocycles. The molecule has 1 aromatic heterocycles. The van der Waals surface area contributed by atoms with Crippen LogP contribution in [0, 0.1) is 10.1 Å². The number of aromatic nitrogens is 1.